The molecule has 6 heteroatoms. The number of alkyl carbamates (subject to hydrolysis) is 1. The zero-order chi connectivity index (χ0) is 14.3. The molecule has 0 aliphatic carbocycles. The van der Waals surface area contributed by atoms with Crippen molar-refractivity contribution in [2.24, 2.45) is 0 Å². The predicted molar refractivity (Wildman–Crippen MR) is 66.2 cm³/mol. The quantitative estimate of drug-likeness (QED) is 0.489. The zero-order valence-corrected chi connectivity index (χ0v) is 10.7. The minimum absolute atomic E-state index is 0.0444. The maximum absolute atomic E-state index is 11.5. The molecule has 0 heterocycles. The first-order chi connectivity index (χ1) is 9.01. The molecule has 0 aromatic heterocycles. The summed E-state index contributed by atoms with van der Waals surface area (Å²) < 4.78 is 9.33. The van der Waals surface area contributed by atoms with Crippen molar-refractivity contribution in [1.29, 1.82) is 0 Å². The van der Waals surface area contributed by atoms with Gasteiger partial charge in [0.25, 0.3) is 0 Å². The largest absolute Gasteiger partial charge is 0.467 e. The molecule has 0 radical (unpaired) electrons. The van der Waals surface area contributed by atoms with E-state index >= 15 is 0 Å². The van der Waals surface area contributed by atoms with Gasteiger partial charge in [-0.15, -0.1) is 0 Å². The van der Waals surface area contributed by atoms with E-state index in [0.29, 0.717) is 6.29 Å². The molecule has 1 aromatic carbocycles. The Labute approximate surface area is 110 Å². The molecule has 1 unspecified atom stereocenters. The lowest BCUT2D eigenvalue weighted by molar-refractivity contribution is -0.149. The molecule has 0 fully saturated rings. The first-order valence-corrected chi connectivity index (χ1v) is 5.55. The van der Waals surface area contributed by atoms with E-state index in [0.717, 1.165) is 12.7 Å². The van der Waals surface area contributed by atoms with Gasteiger partial charge in [-0.05, 0) is 12.5 Å². The zero-order valence-electron chi connectivity index (χ0n) is 10.7. The monoisotopic (exact) mass is 265 g/mol. The highest BCUT2D eigenvalue weighted by atomic mass is 16.6. The summed E-state index contributed by atoms with van der Waals surface area (Å²) in [5, 5.41) is 2.16. The van der Waals surface area contributed by atoms with E-state index < -0.39 is 17.6 Å². The minimum Gasteiger partial charge on any atom is -0.467 e. The van der Waals surface area contributed by atoms with Crippen molar-refractivity contribution in [3.05, 3.63) is 35.9 Å². The Morgan fingerprint density at radius 2 is 1.95 bits per heavy atom. The highest BCUT2D eigenvalue weighted by Gasteiger charge is 2.36. The lowest BCUT2D eigenvalue weighted by Crippen LogP contribution is -2.54. The highest BCUT2D eigenvalue weighted by Crippen LogP contribution is 2.05. The minimum atomic E-state index is -1.75. The number of hydrogen-bond acceptors (Lipinski definition) is 5. The molecule has 1 aromatic rings. The van der Waals surface area contributed by atoms with Crippen molar-refractivity contribution >= 4 is 18.3 Å². The number of carbonyl (C=O) groups excluding carboxylic acids is 3. The number of ether oxygens (including phenoxy) is 2. The molecule has 1 rings (SSSR count). The van der Waals surface area contributed by atoms with E-state index in [2.05, 4.69) is 10.1 Å². The molecule has 1 atom stereocenters. The molecule has 0 spiro atoms. The number of esters is 1. The molecule has 102 valence electrons. The molecule has 0 aliphatic heterocycles. The SMILES string of the molecule is COC(=O)C(C)(C=O)NC(=O)OCc1ccccc1. The second-order valence-electron chi connectivity index (χ2n) is 4.00. The highest BCUT2D eigenvalue weighted by molar-refractivity contribution is 6.00. The van der Waals surface area contributed by atoms with Crippen molar-refractivity contribution in [1.82, 2.24) is 5.32 Å². The number of rotatable bonds is 5. The van der Waals surface area contributed by atoms with Gasteiger partial charge in [-0.25, -0.2) is 9.59 Å². The first-order valence-electron chi connectivity index (χ1n) is 5.55. The Kier molecular flexibility index (Phi) is 5.05. The normalized spacial score (nSPS) is 12.9. The Morgan fingerprint density at radius 1 is 1.32 bits per heavy atom. The van der Waals surface area contributed by atoms with Gasteiger partial charge in [0.05, 0.1) is 7.11 Å². The molecule has 19 heavy (non-hydrogen) atoms. The Hall–Kier alpha value is -2.37. The third kappa shape index (κ3) is 4.09. The van der Waals surface area contributed by atoms with Crippen molar-refractivity contribution in [3.8, 4) is 0 Å². The molecule has 1 amide bonds. The molecular formula is C13H15NO5. The smallest absolute Gasteiger partial charge is 0.408 e. The number of amides is 1. The lowest BCUT2D eigenvalue weighted by Gasteiger charge is -2.21. The first kappa shape index (κ1) is 14.7. The van der Waals surface area contributed by atoms with Crippen molar-refractivity contribution < 1.29 is 23.9 Å². The van der Waals surface area contributed by atoms with Crippen LogP contribution in [0.3, 0.4) is 0 Å². The molecule has 6 nitrogen and oxygen atoms in total. The standard InChI is InChI=1S/C13H15NO5/c1-13(9-15,11(16)18-2)14-12(17)19-8-10-6-4-3-5-7-10/h3-7,9H,8H2,1-2H3,(H,14,17). The van der Waals surface area contributed by atoms with Gasteiger partial charge < -0.3 is 14.3 Å². The molecule has 1 N–H and O–H groups in total. The van der Waals surface area contributed by atoms with Crippen LogP contribution in [-0.4, -0.2) is 31.0 Å². The van der Waals surface area contributed by atoms with E-state index in [9.17, 15) is 14.4 Å². The second kappa shape index (κ2) is 6.53. The van der Waals surface area contributed by atoms with E-state index in [1.807, 2.05) is 6.07 Å². The van der Waals surface area contributed by atoms with Crippen LogP contribution in [0.15, 0.2) is 30.3 Å². The van der Waals surface area contributed by atoms with Crippen LogP contribution >= 0.6 is 0 Å². The average molecular weight is 265 g/mol. The third-order valence-electron chi connectivity index (χ3n) is 2.42. The van der Waals surface area contributed by atoms with Crippen LogP contribution in [0.4, 0.5) is 4.79 Å². The summed E-state index contributed by atoms with van der Waals surface area (Å²) >= 11 is 0. The maximum atomic E-state index is 11.5. The van der Waals surface area contributed by atoms with Crippen LogP contribution < -0.4 is 5.32 Å². The number of nitrogens with one attached hydrogen (secondary N) is 1. The molecule has 0 saturated heterocycles. The van der Waals surface area contributed by atoms with Crippen LogP contribution in [0.5, 0.6) is 0 Å². The number of aldehydes is 1. The van der Waals surface area contributed by atoms with Crippen molar-refractivity contribution in [2.45, 2.75) is 19.1 Å². The number of carbonyl (C=O) groups is 3. The summed E-state index contributed by atoms with van der Waals surface area (Å²) in [6, 6.07) is 9.02. The Balaban J connectivity index is 2.55. The fourth-order valence-corrected chi connectivity index (χ4v) is 1.31. The van der Waals surface area contributed by atoms with Crippen LogP contribution in [-0.2, 0) is 25.7 Å². The average Bonchev–Trinajstić information content (AvgIpc) is 2.45. The predicted octanol–water partition coefficient (Wildman–Crippen LogP) is 1.04. The van der Waals surface area contributed by atoms with E-state index in [1.54, 1.807) is 24.3 Å². The summed E-state index contributed by atoms with van der Waals surface area (Å²) in [7, 11) is 1.13. The van der Waals surface area contributed by atoms with Gasteiger partial charge in [0, 0.05) is 0 Å². The summed E-state index contributed by atoms with van der Waals surface area (Å²) in [5.41, 5.74) is -0.953. The van der Waals surface area contributed by atoms with Gasteiger partial charge >= 0.3 is 12.1 Å². The van der Waals surface area contributed by atoms with Crippen molar-refractivity contribution in [2.75, 3.05) is 7.11 Å². The van der Waals surface area contributed by atoms with E-state index in [-0.39, 0.29) is 6.61 Å². The van der Waals surface area contributed by atoms with Gasteiger partial charge in [0.15, 0.2) is 11.8 Å². The van der Waals surface area contributed by atoms with Crippen molar-refractivity contribution in [3.63, 3.8) is 0 Å². The van der Waals surface area contributed by atoms with Gasteiger partial charge in [-0.1, -0.05) is 30.3 Å². The topological polar surface area (TPSA) is 81.7 Å². The summed E-state index contributed by atoms with van der Waals surface area (Å²) in [5.74, 6) is -0.862. The number of methoxy groups -OCH3 is 1. The van der Waals surface area contributed by atoms with Gasteiger partial charge in [0.2, 0.25) is 0 Å². The molecule has 0 saturated carbocycles. The van der Waals surface area contributed by atoms with Gasteiger partial charge in [-0.2, -0.15) is 0 Å². The maximum Gasteiger partial charge on any atom is 0.408 e. The summed E-state index contributed by atoms with van der Waals surface area (Å²) in [4.78, 5) is 33.7. The molecule has 0 aliphatic rings. The number of hydrogen-bond donors (Lipinski definition) is 1. The summed E-state index contributed by atoms with van der Waals surface area (Å²) in [6.07, 6.45) is -0.577. The Bertz CT molecular complexity index is 459. The lowest BCUT2D eigenvalue weighted by atomic mass is 10.1. The fourth-order valence-electron chi connectivity index (χ4n) is 1.31. The van der Waals surface area contributed by atoms with E-state index in [1.165, 1.54) is 6.92 Å². The van der Waals surface area contributed by atoms with Crippen LogP contribution in [0, 0.1) is 0 Å². The van der Waals surface area contributed by atoms with Crippen LogP contribution in [0.25, 0.3) is 0 Å². The van der Waals surface area contributed by atoms with Gasteiger partial charge in [0.1, 0.15) is 6.61 Å². The second-order valence-corrected chi connectivity index (χ2v) is 4.00. The van der Waals surface area contributed by atoms with Crippen LogP contribution in [0.1, 0.15) is 12.5 Å². The Morgan fingerprint density at radius 3 is 2.47 bits per heavy atom. The molecular weight excluding hydrogens is 250 g/mol. The van der Waals surface area contributed by atoms with Gasteiger partial charge in [-0.3, -0.25) is 5.32 Å². The third-order valence-corrected chi connectivity index (χ3v) is 2.42. The van der Waals surface area contributed by atoms with Crippen LogP contribution in [0.2, 0.25) is 0 Å². The molecule has 0 bridgehead atoms. The van der Waals surface area contributed by atoms with E-state index in [4.69, 9.17) is 4.74 Å². The fraction of sp³-hybridized carbons (Fsp3) is 0.308. The number of benzene rings is 1. The summed E-state index contributed by atoms with van der Waals surface area (Å²) in [6.45, 7) is 1.28.